The zero-order valence-electron chi connectivity index (χ0n) is 17.4. The summed E-state index contributed by atoms with van der Waals surface area (Å²) >= 11 is 0. The molecular weight excluding hydrogens is 407 g/mol. The van der Waals surface area contributed by atoms with Crippen molar-refractivity contribution in [3.8, 4) is 5.75 Å². The Bertz CT molecular complexity index is 1300. The van der Waals surface area contributed by atoms with Crippen LogP contribution in [0.2, 0.25) is 0 Å². The molecule has 0 saturated heterocycles. The molecule has 0 atom stereocenters. The first-order chi connectivity index (χ1) is 15.5. The fourth-order valence-electron chi connectivity index (χ4n) is 3.45. The Morgan fingerprint density at radius 3 is 2.44 bits per heavy atom. The smallest absolute Gasteiger partial charge is 0.255 e. The van der Waals surface area contributed by atoms with E-state index in [9.17, 15) is 14.0 Å². The van der Waals surface area contributed by atoms with Gasteiger partial charge in [-0.25, -0.2) is 4.39 Å². The lowest BCUT2D eigenvalue weighted by Crippen LogP contribution is -2.16. The maximum absolute atomic E-state index is 13.4. The summed E-state index contributed by atoms with van der Waals surface area (Å²) < 4.78 is 18.7. The Morgan fingerprint density at radius 2 is 1.66 bits per heavy atom. The van der Waals surface area contributed by atoms with Crippen LogP contribution in [0, 0.1) is 5.82 Å². The van der Waals surface area contributed by atoms with Crippen molar-refractivity contribution in [2.45, 2.75) is 6.42 Å². The third-order valence-corrected chi connectivity index (χ3v) is 5.00. The summed E-state index contributed by atoms with van der Waals surface area (Å²) in [5.41, 5.74) is 1.95. The molecule has 0 heterocycles. The van der Waals surface area contributed by atoms with Crippen LogP contribution in [0.4, 0.5) is 15.8 Å². The molecule has 5 nitrogen and oxygen atoms in total. The van der Waals surface area contributed by atoms with Gasteiger partial charge >= 0.3 is 0 Å². The molecule has 0 saturated carbocycles. The van der Waals surface area contributed by atoms with Gasteiger partial charge in [0.05, 0.1) is 19.2 Å². The number of methoxy groups -OCH3 is 1. The van der Waals surface area contributed by atoms with Crippen LogP contribution < -0.4 is 15.4 Å². The van der Waals surface area contributed by atoms with Crippen molar-refractivity contribution in [2.24, 2.45) is 0 Å². The highest BCUT2D eigenvalue weighted by atomic mass is 19.1. The van der Waals surface area contributed by atoms with Gasteiger partial charge in [-0.05, 0) is 52.7 Å². The minimum absolute atomic E-state index is 0.179. The van der Waals surface area contributed by atoms with Crippen LogP contribution in [0.15, 0.2) is 84.9 Å². The number of anilines is 2. The van der Waals surface area contributed by atoms with Crippen molar-refractivity contribution in [3.63, 3.8) is 0 Å². The van der Waals surface area contributed by atoms with E-state index in [2.05, 4.69) is 10.6 Å². The number of nitrogens with one attached hydrogen (secondary N) is 2. The summed E-state index contributed by atoms with van der Waals surface area (Å²) in [5, 5.41) is 7.74. The fraction of sp³-hybridized carbons (Fsp3) is 0.0769. The monoisotopic (exact) mass is 428 g/mol. The van der Waals surface area contributed by atoms with Gasteiger partial charge in [-0.15, -0.1) is 0 Å². The summed E-state index contributed by atoms with van der Waals surface area (Å²) in [6, 6.07) is 24.2. The second kappa shape index (κ2) is 9.31. The average Bonchev–Trinajstić information content (AvgIpc) is 2.79. The van der Waals surface area contributed by atoms with E-state index in [-0.39, 0.29) is 17.9 Å². The fourth-order valence-corrected chi connectivity index (χ4v) is 3.45. The molecule has 4 rings (SSSR count). The van der Waals surface area contributed by atoms with Crippen LogP contribution >= 0.6 is 0 Å². The number of hydrogen-bond acceptors (Lipinski definition) is 3. The third kappa shape index (κ3) is 4.92. The van der Waals surface area contributed by atoms with Crippen molar-refractivity contribution in [2.75, 3.05) is 17.7 Å². The van der Waals surface area contributed by atoms with Crippen LogP contribution in [0.25, 0.3) is 10.8 Å². The molecule has 0 unspecified atom stereocenters. The van der Waals surface area contributed by atoms with E-state index >= 15 is 0 Å². The molecule has 0 fully saturated rings. The quantitative estimate of drug-likeness (QED) is 0.431. The lowest BCUT2D eigenvalue weighted by Gasteiger charge is -2.13. The van der Waals surface area contributed by atoms with Gasteiger partial charge in [0.15, 0.2) is 0 Å². The minimum atomic E-state index is -0.501. The number of hydrogen-bond donors (Lipinski definition) is 2. The molecule has 32 heavy (non-hydrogen) atoms. The number of carbonyl (C=O) groups is 2. The lowest BCUT2D eigenvalue weighted by molar-refractivity contribution is -0.115. The Morgan fingerprint density at radius 1 is 0.844 bits per heavy atom. The average molecular weight is 428 g/mol. The molecule has 4 aromatic rings. The van der Waals surface area contributed by atoms with E-state index in [0.29, 0.717) is 17.1 Å². The zero-order valence-corrected chi connectivity index (χ0v) is 17.4. The van der Waals surface area contributed by atoms with Crippen molar-refractivity contribution < 1.29 is 18.7 Å². The second-order valence-corrected chi connectivity index (χ2v) is 7.29. The van der Waals surface area contributed by atoms with Crippen LogP contribution in [0.1, 0.15) is 15.9 Å². The predicted molar refractivity (Wildman–Crippen MR) is 124 cm³/mol. The second-order valence-electron chi connectivity index (χ2n) is 7.29. The maximum Gasteiger partial charge on any atom is 0.255 e. The molecule has 0 spiro atoms. The Kier molecular flexibility index (Phi) is 6.12. The van der Waals surface area contributed by atoms with Gasteiger partial charge in [-0.1, -0.05) is 48.5 Å². The van der Waals surface area contributed by atoms with Gasteiger partial charge in [-0.3, -0.25) is 9.59 Å². The number of benzene rings is 4. The predicted octanol–water partition coefficient (Wildman–Crippen LogP) is 5.42. The summed E-state index contributed by atoms with van der Waals surface area (Å²) in [6.45, 7) is 0. The van der Waals surface area contributed by atoms with Crippen molar-refractivity contribution in [1.29, 1.82) is 0 Å². The molecule has 0 aromatic heterocycles. The maximum atomic E-state index is 13.4. The third-order valence-electron chi connectivity index (χ3n) is 5.00. The topological polar surface area (TPSA) is 67.4 Å². The van der Waals surface area contributed by atoms with Gasteiger partial charge in [0, 0.05) is 11.3 Å². The van der Waals surface area contributed by atoms with E-state index in [1.54, 1.807) is 18.2 Å². The van der Waals surface area contributed by atoms with Gasteiger partial charge in [0.25, 0.3) is 5.91 Å². The first-order valence-corrected chi connectivity index (χ1v) is 10.0. The first-order valence-electron chi connectivity index (χ1n) is 10.0. The number of carbonyl (C=O) groups excluding carboxylic acids is 2. The highest BCUT2D eigenvalue weighted by Crippen LogP contribution is 2.28. The molecule has 0 bridgehead atoms. The van der Waals surface area contributed by atoms with Crippen LogP contribution in [-0.4, -0.2) is 18.9 Å². The first kappa shape index (κ1) is 21.1. The van der Waals surface area contributed by atoms with E-state index in [4.69, 9.17) is 4.74 Å². The molecule has 6 heteroatoms. The zero-order chi connectivity index (χ0) is 22.5. The number of amides is 2. The Balaban J connectivity index is 1.48. The molecule has 2 amide bonds. The van der Waals surface area contributed by atoms with E-state index in [1.165, 1.54) is 25.3 Å². The summed E-state index contributed by atoms with van der Waals surface area (Å²) in [4.78, 5) is 25.1. The van der Waals surface area contributed by atoms with Gasteiger partial charge in [-0.2, -0.15) is 0 Å². The number of fused-ring (bicyclic) bond motifs is 1. The van der Waals surface area contributed by atoms with Gasteiger partial charge in [0.2, 0.25) is 5.91 Å². The lowest BCUT2D eigenvalue weighted by atomic mass is 10.0. The molecule has 2 N–H and O–H groups in total. The minimum Gasteiger partial charge on any atom is -0.495 e. The standard InChI is InChI=1S/C26H21FN2O3/c1-32-24-12-11-22(16-23(24)29-26(31)20-7-4-8-21(27)15-20)28-25(30)14-17-9-10-18-5-2-3-6-19(18)13-17/h2-13,15-16H,14H2,1H3,(H,28,30)(H,29,31). The van der Waals surface area contributed by atoms with Crippen LogP contribution in [0.5, 0.6) is 5.75 Å². The highest BCUT2D eigenvalue weighted by molar-refractivity contribution is 6.05. The summed E-state index contributed by atoms with van der Waals surface area (Å²) in [7, 11) is 1.48. The highest BCUT2D eigenvalue weighted by Gasteiger charge is 2.13. The van der Waals surface area contributed by atoms with E-state index < -0.39 is 11.7 Å². The van der Waals surface area contributed by atoms with Gasteiger partial charge in [0.1, 0.15) is 11.6 Å². The van der Waals surface area contributed by atoms with Gasteiger partial charge < -0.3 is 15.4 Å². The number of halogens is 1. The molecule has 0 aliphatic rings. The van der Waals surface area contributed by atoms with E-state index in [1.807, 2.05) is 42.5 Å². The SMILES string of the molecule is COc1ccc(NC(=O)Cc2ccc3ccccc3c2)cc1NC(=O)c1cccc(F)c1. The molecular formula is C26H21FN2O3. The van der Waals surface area contributed by atoms with Crippen molar-refractivity contribution >= 4 is 34.0 Å². The number of rotatable bonds is 6. The van der Waals surface area contributed by atoms with E-state index in [0.717, 1.165) is 22.4 Å². The van der Waals surface area contributed by atoms with Crippen molar-refractivity contribution in [3.05, 3.63) is 102 Å². The Hall–Kier alpha value is -4.19. The molecule has 0 aliphatic carbocycles. The Labute approximate surface area is 184 Å². The summed E-state index contributed by atoms with van der Waals surface area (Å²) in [6.07, 6.45) is 0.210. The largest absolute Gasteiger partial charge is 0.495 e. The van der Waals surface area contributed by atoms with Crippen LogP contribution in [-0.2, 0) is 11.2 Å². The molecule has 4 aromatic carbocycles. The molecule has 160 valence electrons. The van der Waals surface area contributed by atoms with Crippen molar-refractivity contribution in [1.82, 2.24) is 0 Å². The molecule has 0 radical (unpaired) electrons. The molecule has 0 aliphatic heterocycles. The summed E-state index contributed by atoms with van der Waals surface area (Å²) in [5.74, 6) is -0.753. The normalized spacial score (nSPS) is 10.6. The number of ether oxygens (including phenoxy) is 1. The van der Waals surface area contributed by atoms with Crippen LogP contribution in [0.3, 0.4) is 0 Å².